The quantitative estimate of drug-likeness (QED) is 0.171. The molecule has 3 aromatic carbocycles. The molecule has 1 unspecified atom stereocenters. The molecule has 1 fully saturated rings. The monoisotopic (exact) mass is 544 g/mol. The average Bonchev–Trinajstić information content (AvgIpc) is 3.47. The van der Waals surface area contributed by atoms with E-state index < -0.39 is 75.9 Å². The average molecular weight is 544 g/mol. The van der Waals surface area contributed by atoms with Gasteiger partial charge < -0.3 is 9.47 Å². The van der Waals surface area contributed by atoms with Gasteiger partial charge in [-0.2, -0.15) is 17.6 Å². The van der Waals surface area contributed by atoms with Crippen LogP contribution in [0.5, 0.6) is 11.5 Å². The van der Waals surface area contributed by atoms with E-state index in [0.29, 0.717) is 37.1 Å². The lowest BCUT2D eigenvalue weighted by Crippen LogP contribution is -2.27. The van der Waals surface area contributed by atoms with Gasteiger partial charge in [0.1, 0.15) is 23.8 Å². The SMILES string of the molecule is Fc1cc(COc2ccc(OC(F)(F)c3c(F)cc([C@]45C=CC(CC4)C5)cc3F)c(F)c2F)cc(F)c1F. The molecule has 200 valence electrons. The van der Waals surface area contributed by atoms with E-state index in [-0.39, 0.29) is 17.0 Å². The number of ether oxygens (including phenoxy) is 2. The Morgan fingerprint density at radius 2 is 1.39 bits per heavy atom. The number of hydrogen-bond donors (Lipinski definition) is 0. The number of alkyl halides is 2. The van der Waals surface area contributed by atoms with Crippen molar-refractivity contribution < 1.29 is 49.0 Å². The smallest absolute Gasteiger partial charge is 0.432 e. The summed E-state index contributed by atoms with van der Waals surface area (Å²) < 4.78 is 137. The predicted octanol–water partition coefficient (Wildman–Crippen LogP) is 7.98. The van der Waals surface area contributed by atoms with Crippen LogP contribution < -0.4 is 9.47 Å². The highest BCUT2D eigenvalue weighted by Gasteiger charge is 2.46. The van der Waals surface area contributed by atoms with E-state index in [9.17, 15) is 39.5 Å². The largest absolute Gasteiger partial charge is 0.486 e. The van der Waals surface area contributed by atoms with E-state index in [0.717, 1.165) is 18.6 Å². The summed E-state index contributed by atoms with van der Waals surface area (Å²) in [6.07, 6.45) is 1.04. The molecule has 0 aromatic heterocycles. The van der Waals surface area contributed by atoms with Crippen LogP contribution in [0.2, 0.25) is 0 Å². The van der Waals surface area contributed by atoms with Crippen LogP contribution in [0.15, 0.2) is 48.6 Å². The summed E-state index contributed by atoms with van der Waals surface area (Å²) in [6, 6.07) is 3.90. The fourth-order valence-electron chi connectivity index (χ4n) is 4.99. The molecular formula is C27H17F9O2. The highest BCUT2D eigenvalue weighted by Crippen LogP contribution is 2.51. The topological polar surface area (TPSA) is 18.5 Å². The third kappa shape index (κ3) is 4.48. The Kier molecular flexibility index (Phi) is 6.35. The van der Waals surface area contributed by atoms with Crippen LogP contribution in [0, 0.1) is 46.6 Å². The Balaban J connectivity index is 1.36. The second-order valence-corrected chi connectivity index (χ2v) is 9.30. The van der Waals surface area contributed by atoms with Crippen molar-refractivity contribution in [3.63, 3.8) is 0 Å². The first-order valence-electron chi connectivity index (χ1n) is 11.4. The fraction of sp³-hybridized carbons (Fsp3) is 0.259. The Morgan fingerprint density at radius 3 is 1.95 bits per heavy atom. The van der Waals surface area contributed by atoms with Crippen molar-refractivity contribution in [3.8, 4) is 11.5 Å². The van der Waals surface area contributed by atoms with Crippen molar-refractivity contribution in [2.45, 2.75) is 37.4 Å². The molecular weight excluding hydrogens is 527 g/mol. The Bertz CT molecular complexity index is 1410. The molecule has 2 aliphatic carbocycles. The fourth-order valence-corrected chi connectivity index (χ4v) is 4.99. The van der Waals surface area contributed by atoms with Crippen LogP contribution in [0.4, 0.5) is 39.5 Å². The highest BCUT2D eigenvalue weighted by molar-refractivity contribution is 5.41. The van der Waals surface area contributed by atoms with Gasteiger partial charge in [-0.15, -0.1) is 0 Å². The van der Waals surface area contributed by atoms with Gasteiger partial charge in [0.05, 0.1) is 0 Å². The number of allylic oxidation sites excluding steroid dienone is 2. The first-order chi connectivity index (χ1) is 17.9. The maximum Gasteiger partial charge on any atom is 0.432 e. The molecule has 38 heavy (non-hydrogen) atoms. The zero-order chi connectivity index (χ0) is 27.4. The van der Waals surface area contributed by atoms with Gasteiger partial charge in [-0.1, -0.05) is 12.2 Å². The number of fused-ring (bicyclic) bond motifs is 2. The zero-order valence-corrected chi connectivity index (χ0v) is 19.2. The molecule has 2 atom stereocenters. The third-order valence-electron chi connectivity index (χ3n) is 6.87. The lowest BCUT2D eigenvalue weighted by molar-refractivity contribution is -0.191. The minimum Gasteiger partial charge on any atom is -0.486 e. The van der Waals surface area contributed by atoms with Crippen molar-refractivity contribution in [1.29, 1.82) is 0 Å². The summed E-state index contributed by atoms with van der Waals surface area (Å²) in [5, 5.41) is 0. The van der Waals surface area contributed by atoms with Crippen LogP contribution >= 0.6 is 0 Å². The molecule has 0 amide bonds. The third-order valence-corrected chi connectivity index (χ3v) is 6.87. The summed E-state index contributed by atoms with van der Waals surface area (Å²) in [5.41, 5.74) is -2.49. The molecule has 0 radical (unpaired) electrons. The Morgan fingerprint density at radius 1 is 0.789 bits per heavy atom. The molecule has 2 bridgehead atoms. The highest BCUT2D eigenvalue weighted by atomic mass is 19.3. The summed E-state index contributed by atoms with van der Waals surface area (Å²) in [7, 11) is 0. The number of hydrogen-bond acceptors (Lipinski definition) is 2. The Labute approximate surface area is 210 Å². The molecule has 5 rings (SSSR count). The van der Waals surface area contributed by atoms with E-state index in [1.165, 1.54) is 0 Å². The van der Waals surface area contributed by atoms with Gasteiger partial charge in [0.2, 0.25) is 11.6 Å². The van der Waals surface area contributed by atoms with Crippen LogP contribution in [0.1, 0.15) is 36.0 Å². The summed E-state index contributed by atoms with van der Waals surface area (Å²) >= 11 is 0. The first-order valence-corrected chi connectivity index (χ1v) is 11.4. The first kappa shape index (κ1) is 26.0. The Hall–Kier alpha value is -3.63. The maximum atomic E-state index is 14.8. The second-order valence-electron chi connectivity index (χ2n) is 9.30. The van der Waals surface area contributed by atoms with Gasteiger partial charge in [-0.25, -0.2) is 22.0 Å². The second kappa shape index (κ2) is 9.28. The summed E-state index contributed by atoms with van der Waals surface area (Å²) in [6.45, 7) is -0.735. The van der Waals surface area contributed by atoms with Crippen LogP contribution in [-0.2, 0) is 18.1 Å². The van der Waals surface area contributed by atoms with Gasteiger partial charge in [-0.05, 0) is 72.7 Å². The van der Waals surface area contributed by atoms with Crippen molar-refractivity contribution in [3.05, 3.63) is 106 Å². The molecule has 0 aliphatic heterocycles. The molecule has 1 saturated carbocycles. The summed E-state index contributed by atoms with van der Waals surface area (Å²) in [4.78, 5) is 0. The molecule has 2 nitrogen and oxygen atoms in total. The molecule has 0 spiro atoms. The van der Waals surface area contributed by atoms with E-state index in [2.05, 4.69) is 4.74 Å². The van der Waals surface area contributed by atoms with Gasteiger partial charge in [0.25, 0.3) is 0 Å². The van der Waals surface area contributed by atoms with Crippen molar-refractivity contribution >= 4 is 0 Å². The van der Waals surface area contributed by atoms with E-state index in [1.807, 2.05) is 12.2 Å². The molecule has 0 N–H and O–H groups in total. The van der Waals surface area contributed by atoms with Crippen LogP contribution in [0.3, 0.4) is 0 Å². The number of halogens is 9. The molecule has 3 aromatic rings. The molecule has 0 saturated heterocycles. The van der Waals surface area contributed by atoms with Crippen LogP contribution in [0.25, 0.3) is 0 Å². The number of rotatable bonds is 7. The maximum absolute atomic E-state index is 14.8. The van der Waals surface area contributed by atoms with Gasteiger partial charge in [0, 0.05) is 5.41 Å². The zero-order valence-electron chi connectivity index (χ0n) is 19.2. The molecule has 0 heterocycles. The van der Waals surface area contributed by atoms with Gasteiger partial charge in [0.15, 0.2) is 29.0 Å². The predicted molar refractivity (Wildman–Crippen MR) is 116 cm³/mol. The summed E-state index contributed by atoms with van der Waals surface area (Å²) in [5.74, 6) is -13.8. The minimum absolute atomic E-state index is 0.197. The normalized spacial score (nSPS) is 20.3. The minimum atomic E-state index is -4.73. The van der Waals surface area contributed by atoms with E-state index >= 15 is 0 Å². The van der Waals surface area contributed by atoms with E-state index in [1.54, 1.807) is 0 Å². The van der Waals surface area contributed by atoms with E-state index in [4.69, 9.17) is 4.74 Å². The lowest BCUT2D eigenvalue weighted by atomic mass is 9.80. The van der Waals surface area contributed by atoms with Crippen molar-refractivity contribution in [2.24, 2.45) is 5.92 Å². The standard InChI is InChI=1S/C27H17F9O2/c28-16-9-15(26-5-3-13(11-26)4-6-26)10-17(29)22(16)27(35,36)38-21-2-1-20(24(33)25(21)34)37-12-14-7-18(30)23(32)19(31)8-14/h1-3,5,7-10,13H,4,6,11-12H2/t13?,26-/m1/s1. The van der Waals surface area contributed by atoms with Gasteiger partial charge in [-0.3, -0.25) is 0 Å². The van der Waals surface area contributed by atoms with Gasteiger partial charge >= 0.3 is 6.11 Å². The number of benzene rings is 3. The lowest BCUT2D eigenvalue weighted by Gasteiger charge is -2.26. The van der Waals surface area contributed by atoms with Crippen molar-refractivity contribution in [2.75, 3.05) is 0 Å². The van der Waals surface area contributed by atoms with Crippen LogP contribution in [-0.4, -0.2) is 0 Å². The van der Waals surface area contributed by atoms with Crippen molar-refractivity contribution in [1.82, 2.24) is 0 Å². The molecule has 11 heteroatoms. The molecule has 2 aliphatic rings.